The maximum atomic E-state index is 13.7. The number of rotatable bonds is 7. The molecule has 1 unspecified atom stereocenters. The van der Waals surface area contributed by atoms with Crippen molar-refractivity contribution in [1.29, 1.82) is 0 Å². The highest BCUT2D eigenvalue weighted by molar-refractivity contribution is 7.97. The van der Waals surface area contributed by atoms with Crippen LogP contribution < -0.4 is 4.72 Å². The molecular weight excluding hydrogens is 399 g/mol. The van der Waals surface area contributed by atoms with E-state index in [9.17, 15) is 29.3 Å². The van der Waals surface area contributed by atoms with Crippen molar-refractivity contribution in [3.63, 3.8) is 0 Å². The summed E-state index contributed by atoms with van der Waals surface area (Å²) in [6.45, 7) is 4.23. The van der Waals surface area contributed by atoms with Gasteiger partial charge in [-0.3, -0.25) is 0 Å². The fourth-order valence-electron chi connectivity index (χ4n) is 4.33. The molecule has 0 saturated carbocycles. The second-order valence-corrected chi connectivity index (χ2v) is 8.56. The van der Waals surface area contributed by atoms with Crippen molar-refractivity contribution < 1.29 is 29.3 Å². The van der Waals surface area contributed by atoms with Gasteiger partial charge in [0, 0.05) is 24.1 Å². The second kappa shape index (κ2) is 8.83. The summed E-state index contributed by atoms with van der Waals surface area (Å²) in [4.78, 5) is 26.3. The molecule has 0 radical (unpaired) electrons. The van der Waals surface area contributed by atoms with Crippen molar-refractivity contribution in [3.8, 4) is 0 Å². The van der Waals surface area contributed by atoms with Crippen molar-refractivity contribution in [2.45, 2.75) is 30.2 Å². The van der Waals surface area contributed by atoms with E-state index in [1.165, 1.54) is 12.1 Å². The smallest absolute Gasteiger partial charge is 0.334 e. The molecule has 0 spiro atoms. The number of benzene rings is 1. The summed E-state index contributed by atoms with van der Waals surface area (Å²) in [5.41, 5.74) is -0.863. The molecule has 1 aromatic rings. The Hall–Kier alpha value is -1.94. The monoisotopic (exact) mass is 424 g/mol. The van der Waals surface area contributed by atoms with Gasteiger partial charge in [0.1, 0.15) is 5.82 Å². The molecule has 9 heteroatoms. The molecule has 1 saturated heterocycles. The Morgan fingerprint density at radius 3 is 2.66 bits per heavy atom. The molecule has 0 bridgehead atoms. The molecule has 0 amide bonds. The maximum absolute atomic E-state index is 13.7. The quantitative estimate of drug-likeness (QED) is 0.389. The molecule has 0 aromatic heterocycles. The second-order valence-electron chi connectivity index (χ2n) is 7.72. The van der Waals surface area contributed by atoms with Crippen LogP contribution in [0, 0.1) is 17.7 Å². The Balaban J connectivity index is 1.99. The number of aliphatic hydroxyl groups is 1. The Bertz CT molecular complexity index is 825. The third kappa shape index (κ3) is 4.32. The van der Waals surface area contributed by atoms with Crippen LogP contribution in [0.3, 0.4) is 0 Å². The van der Waals surface area contributed by atoms with Gasteiger partial charge in [-0.25, -0.2) is 18.7 Å². The number of piperidine rings is 1. The minimum absolute atomic E-state index is 0.103. The number of nitrogens with zero attached hydrogens (tertiary/aromatic N) is 1. The SMILES string of the molecule is CC(CO)CN1CCC([C@@]2(/C(=C\C(=O)O)C(=O)O)NSc3cc(F)ccc32)CC1. The van der Waals surface area contributed by atoms with Crippen LogP contribution in [0.4, 0.5) is 4.39 Å². The van der Waals surface area contributed by atoms with Gasteiger partial charge in [-0.05, 0) is 67.4 Å². The Morgan fingerprint density at radius 1 is 1.38 bits per heavy atom. The zero-order valence-corrected chi connectivity index (χ0v) is 16.9. The van der Waals surface area contributed by atoms with Gasteiger partial charge in [-0.15, -0.1) is 0 Å². The van der Waals surface area contributed by atoms with Crippen LogP contribution in [0.1, 0.15) is 25.3 Å². The average Bonchev–Trinajstić information content (AvgIpc) is 3.05. The maximum Gasteiger partial charge on any atom is 0.334 e. The van der Waals surface area contributed by atoms with Crippen molar-refractivity contribution in [1.82, 2.24) is 9.62 Å². The average molecular weight is 424 g/mol. The van der Waals surface area contributed by atoms with Gasteiger partial charge in [0.2, 0.25) is 0 Å². The molecule has 4 N–H and O–H groups in total. The normalized spacial score (nSPS) is 24.3. The van der Waals surface area contributed by atoms with E-state index in [1.54, 1.807) is 6.07 Å². The number of likely N-dealkylation sites (tertiary alicyclic amines) is 1. The lowest BCUT2D eigenvalue weighted by molar-refractivity contribution is -0.136. The molecule has 1 fully saturated rings. The first-order valence-electron chi connectivity index (χ1n) is 9.53. The first kappa shape index (κ1) is 21.8. The lowest BCUT2D eigenvalue weighted by Crippen LogP contribution is -2.51. The van der Waals surface area contributed by atoms with Crippen molar-refractivity contribution in [2.75, 3.05) is 26.2 Å². The molecule has 2 heterocycles. The fraction of sp³-hybridized carbons (Fsp3) is 0.500. The summed E-state index contributed by atoms with van der Waals surface area (Å²) < 4.78 is 16.9. The van der Waals surface area contributed by atoms with Crippen molar-refractivity contribution >= 4 is 23.9 Å². The molecule has 2 aliphatic rings. The van der Waals surface area contributed by atoms with E-state index in [0.717, 1.165) is 24.6 Å². The van der Waals surface area contributed by atoms with E-state index in [0.29, 0.717) is 36.4 Å². The van der Waals surface area contributed by atoms with Crippen LogP contribution in [0.25, 0.3) is 0 Å². The fourth-order valence-corrected chi connectivity index (χ4v) is 5.50. The van der Waals surface area contributed by atoms with Gasteiger partial charge < -0.3 is 20.2 Å². The van der Waals surface area contributed by atoms with E-state index in [-0.39, 0.29) is 24.0 Å². The molecular formula is C20H25FN2O5S. The first-order valence-corrected chi connectivity index (χ1v) is 10.3. The number of aliphatic carboxylic acids is 2. The number of hydrogen-bond donors (Lipinski definition) is 4. The molecule has 0 aliphatic carbocycles. The zero-order valence-electron chi connectivity index (χ0n) is 16.1. The summed E-state index contributed by atoms with van der Waals surface area (Å²) in [6.07, 6.45) is 2.04. The van der Waals surface area contributed by atoms with Crippen LogP contribution >= 0.6 is 11.9 Å². The summed E-state index contributed by atoms with van der Waals surface area (Å²) in [7, 11) is 0. The number of halogens is 1. The number of carbonyl (C=O) groups is 2. The molecule has 3 rings (SSSR count). The highest BCUT2D eigenvalue weighted by Gasteiger charge is 2.51. The van der Waals surface area contributed by atoms with Crippen LogP contribution in [0.15, 0.2) is 34.7 Å². The third-order valence-corrected chi connectivity index (χ3v) is 6.68. The van der Waals surface area contributed by atoms with Gasteiger partial charge in [0.05, 0.1) is 11.1 Å². The molecule has 29 heavy (non-hydrogen) atoms. The Morgan fingerprint density at radius 2 is 2.07 bits per heavy atom. The minimum atomic E-state index is -1.33. The number of fused-ring (bicyclic) bond motifs is 1. The summed E-state index contributed by atoms with van der Waals surface area (Å²) in [5.74, 6) is -3.11. The Kier molecular flexibility index (Phi) is 6.62. The van der Waals surface area contributed by atoms with Gasteiger partial charge in [-0.2, -0.15) is 0 Å². The lowest BCUT2D eigenvalue weighted by atomic mass is 9.69. The van der Waals surface area contributed by atoms with Gasteiger partial charge in [-0.1, -0.05) is 13.0 Å². The van der Waals surface area contributed by atoms with E-state index in [1.807, 2.05) is 6.92 Å². The summed E-state index contributed by atoms with van der Waals surface area (Å²) in [6, 6.07) is 4.17. The van der Waals surface area contributed by atoms with E-state index in [4.69, 9.17) is 0 Å². The molecule has 158 valence electrons. The first-order chi connectivity index (χ1) is 13.8. The largest absolute Gasteiger partial charge is 0.478 e. The zero-order chi connectivity index (χ0) is 21.2. The molecule has 2 aliphatic heterocycles. The van der Waals surface area contributed by atoms with Gasteiger partial charge >= 0.3 is 11.9 Å². The van der Waals surface area contributed by atoms with Gasteiger partial charge in [0.15, 0.2) is 0 Å². The topological polar surface area (TPSA) is 110 Å². The minimum Gasteiger partial charge on any atom is -0.478 e. The van der Waals surface area contributed by atoms with Crippen molar-refractivity contribution in [2.24, 2.45) is 11.8 Å². The number of carboxylic acids is 2. The van der Waals surface area contributed by atoms with Crippen LogP contribution in [0.2, 0.25) is 0 Å². The number of hydrogen-bond acceptors (Lipinski definition) is 6. The predicted octanol–water partition coefficient (Wildman–Crippen LogP) is 2.07. The highest BCUT2D eigenvalue weighted by Crippen LogP contribution is 2.51. The summed E-state index contributed by atoms with van der Waals surface area (Å²) >= 11 is 1.14. The standard InChI is InChI=1S/C20H25FN2O5S/c1-12(11-24)10-23-6-4-13(5-7-23)20(16(19(27)28)9-18(25)26)15-3-2-14(21)8-17(15)29-22-20/h2-3,8-9,12-13,22,24H,4-7,10-11H2,1H3,(H,25,26)(H,27,28)/b16-9-/t12?,20-/m1/s1. The van der Waals surface area contributed by atoms with Crippen LogP contribution in [-0.2, 0) is 15.1 Å². The predicted molar refractivity (Wildman–Crippen MR) is 106 cm³/mol. The lowest BCUT2D eigenvalue weighted by Gasteiger charge is -2.43. The number of nitrogens with one attached hydrogen (secondary N) is 1. The molecule has 7 nitrogen and oxygen atoms in total. The third-order valence-electron chi connectivity index (χ3n) is 5.70. The Labute approximate surface area is 172 Å². The summed E-state index contributed by atoms with van der Waals surface area (Å²) in [5, 5.41) is 28.5. The highest BCUT2D eigenvalue weighted by atomic mass is 32.2. The molecule has 2 atom stereocenters. The van der Waals surface area contributed by atoms with Gasteiger partial charge in [0.25, 0.3) is 0 Å². The molecule has 1 aromatic carbocycles. The number of aliphatic hydroxyl groups excluding tert-OH is 1. The van der Waals surface area contributed by atoms with E-state index in [2.05, 4.69) is 9.62 Å². The van der Waals surface area contributed by atoms with Crippen LogP contribution in [-0.4, -0.2) is 58.4 Å². The van der Waals surface area contributed by atoms with E-state index < -0.39 is 23.3 Å². The number of carboxylic acid groups (broad SMARTS) is 2. The van der Waals surface area contributed by atoms with E-state index >= 15 is 0 Å². The van der Waals surface area contributed by atoms with Crippen LogP contribution in [0.5, 0.6) is 0 Å². The van der Waals surface area contributed by atoms with Crippen molar-refractivity contribution in [3.05, 3.63) is 41.2 Å².